The lowest BCUT2D eigenvalue weighted by molar-refractivity contribution is -0.170. The van der Waals surface area contributed by atoms with Gasteiger partial charge in [0.1, 0.15) is 10.1 Å². The number of rotatable bonds is 22. The number of benzene rings is 1. The van der Waals surface area contributed by atoms with Gasteiger partial charge in [0.15, 0.2) is 6.61 Å². The lowest BCUT2D eigenvalue weighted by atomic mass is 9.60. The molecule has 10 heteroatoms. The third-order valence-electron chi connectivity index (χ3n) is 8.32. The summed E-state index contributed by atoms with van der Waals surface area (Å²) in [6.07, 6.45) is 12.6. The van der Waals surface area contributed by atoms with E-state index >= 15 is 0 Å². The minimum absolute atomic E-state index is 0.0378. The number of nitrogens with zero attached hydrogens (tertiary/aromatic N) is 1. The first-order chi connectivity index (χ1) is 21.3. The van der Waals surface area contributed by atoms with Crippen LogP contribution in [0.1, 0.15) is 111 Å². The molecule has 0 radical (unpaired) electrons. The molecule has 0 saturated heterocycles. The molecule has 252 valence electrons. The van der Waals surface area contributed by atoms with E-state index in [0.717, 1.165) is 17.7 Å². The summed E-state index contributed by atoms with van der Waals surface area (Å²) in [4.78, 5) is 39.0. The number of carbonyl (C=O) groups is 3. The molecule has 0 aliphatic rings. The Morgan fingerprint density at radius 2 is 1.42 bits per heavy atom. The van der Waals surface area contributed by atoms with Crippen molar-refractivity contribution in [3.8, 4) is 6.07 Å². The maximum absolute atomic E-state index is 13.6. The lowest BCUT2D eigenvalue weighted by Crippen LogP contribution is -2.49. The zero-order valence-corrected chi connectivity index (χ0v) is 30.6. The monoisotopic (exact) mass is 679 g/mol. The van der Waals surface area contributed by atoms with Crippen molar-refractivity contribution in [1.29, 1.82) is 5.26 Å². The molecule has 0 heterocycles. The number of hydrogen-bond acceptors (Lipinski definition) is 10. The molecule has 2 unspecified atom stereocenters. The van der Waals surface area contributed by atoms with Crippen LogP contribution in [0.2, 0.25) is 0 Å². The molecule has 0 bridgehead atoms. The van der Waals surface area contributed by atoms with Gasteiger partial charge in [0.05, 0.1) is 29.4 Å². The first-order valence-electron chi connectivity index (χ1n) is 16.0. The Labute approximate surface area is 285 Å². The summed E-state index contributed by atoms with van der Waals surface area (Å²) in [7, 11) is 1.26. The van der Waals surface area contributed by atoms with Crippen molar-refractivity contribution in [1.82, 2.24) is 0 Å². The highest BCUT2D eigenvalue weighted by atomic mass is 32.2. The SMILES string of the molecule is CCCCCCCCCCCCSC(=S)SCC(C)(CC(C)(C(=O)OC)C(C)(C)C#N)C(=O)OCC(=O)OCc1ccccc1. The van der Waals surface area contributed by atoms with Crippen LogP contribution >= 0.6 is 35.7 Å². The Hall–Kier alpha value is -2.09. The average Bonchev–Trinajstić information content (AvgIpc) is 3.03. The van der Waals surface area contributed by atoms with Crippen LogP contribution in [0.3, 0.4) is 0 Å². The Kier molecular flexibility index (Phi) is 19.7. The number of unbranched alkanes of at least 4 members (excludes halogenated alkanes) is 9. The molecular formula is C35H53NO6S3. The Morgan fingerprint density at radius 1 is 0.844 bits per heavy atom. The second kappa shape index (κ2) is 21.7. The van der Waals surface area contributed by atoms with Gasteiger partial charge in [0.2, 0.25) is 0 Å². The number of thiocarbonyl (C=S) groups is 1. The highest BCUT2D eigenvalue weighted by Crippen LogP contribution is 2.49. The molecule has 0 aromatic heterocycles. The van der Waals surface area contributed by atoms with Crippen molar-refractivity contribution >= 4 is 57.2 Å². The minimum Gasteiger partial charge on any atom is -0.469 e. The first-order valence-corrected chi connectivity index (χ1v) is 18.4. The summed E-state index contributed by atoms with van der Waals surface area (Å²) in [5, 5.41) is 9.92. The van der Waals surface area contributed by atoms with Gasteiger partial charge in [-0.25, -0.2) is 4.79 Å². The van der Waals surface area contributed by atoms with Crippen LogP contribution < -0.4 is 0 Å². The van der Waals surface area contributed by atoms with Crippen LogP contribution in [0, 0.1) is 27.6 Å². The van der Waals surface area contributed by atoms with Crippen molar-refractivity contribution in [3.63, 3.8) is 0 Å². The maximum atomic E-state index is 13.6. The molecule has 0 fully saturated rings. The highest BCUT2D eigenvalue weighted by molar-refractivity contribution is 8.47. The summed E-state index contributed by atoms with van der Waals surface area (Å²) < 4.78 is 16.5. The van der Waals surface area contributed by atoms with Crippen LogP contribution in [0.15, 0.2) is 30.3 Å². The fourth-order valence-corrected chi connectivity index (χ4v) is 7.30. The summed E-state index contributed by atoms with van der Waals surface area (Å²) in [5.74, 6) is -0.838. The summed E-state index contributed by atoms with van der Waals surface area (Å²) in [6, 6.07) is 11.4. The normalized spacial score (nSPS) is 14.0. The minimum atomic E-state index is -1.34. The zero-order chi connectivity index (χ0) is 33.8. The topological polar surface area (TPSA) is 103 Å². The van der Waals surface area contributed by atoms with E-state index in [1.54, 1.807) is 39.5 Å². The number of carbonyl (C=O) groups excluding carboxylic acids is 3. The molecule has 0 aliphatic carbocycles. The number of esters is 3. The number of thioether (sulfide) groups is 2. The molecule has 45 heavy (non-hydrogen) atoms. The van der Waals surface area contributed by atoms with E-state index in [0.29, 0.717) is 3.53 Å². The number of nitriles is 1. The van der Waals surface area contributed by atoms with E-state index in [4.69, 9.17) is 26.4 Å². The highest BCUT2D eigenvalue weighted by Gasteiger charge is 2.54. The number of hydrogen-bond donors (Lipinski definition) is 0. The van der Waals surface area contributed by atoms with E-state index in [-0.39, 0.29) is 18.8 Å². The molecule has 0 amide bonds. The summed E-state index contributed by atoms with van der Waals surface area (Å²) >= 11 is 8.58. The van der Waals surface area contributed by atoms with Gasteiger partial charge in [0.25, 0.3) is 0 Å². The fourth-order valence-electron chi connectivity index (χ4n) is 4.94. The molecule has 1 aromatic carbocycles. The molecule has 1 rings (SSSR count). The number of ether oxygens (including phenoxy) is 3. The predicted octanol–water partition coefficient (Wildman–Crippen LogP) is 9.07. The predicted molar refractivity (Wildman–Crippen MR) is 189 cm³/mol. The van der Waals surface area contributed by atoms with Gasteiger partial charge < -0.3 is 14.2 Å². The van der Waals surface area contributed by atoms with E-state index in [1.807, 2.05) is 30.3 Å². The van der Waals surface area contributed by atoms with Crippen molar-refractivity contribution in [2.75, 3.05) is 25.2 Å². The van der Waals surface area contributed by atoms with Gasteiger partial charge >= 0.3 is 17.9 Å². The largest absolute Gasteiger partial charge is 0.469 e. The van der Waals surface area contributed by atoms with Crippen molar-refractivity contribution in [3.05, 3.63) is 35.9 Å². The molecule has 0 saturated carbocycles. The molecule has 7 nitrogen and oxygen atoms in total. The molecule has 0 spiro atoms. The second-order valence-corrected chi connectivity index (χ2v) is 15.9. The van der Waals surface area contributed by atoms with Crippen LogP contribution in [0.4, 0.5) is 0 Å². The fraction of sp³-hybridized carbons (Fsp3) is 0.686. The summed E-state index contributed by atoms with van der Waals surface area (Å²) in [6.45, 7) is 8.34. The Balaban J connectivity index is 2.78. The third-order valence-corrected chi connectivity index (χ3v) is 11.5. The smallest absolute Gasteiger partial charge is 0.344 e. The van der Waals surface area contributed by atoms with Gasteiger partial charge in [-0.1, -0.05) is 107 Å². The average molecular weight is 680 g/mol. The molecular weight excluding hydrogens is 627 g/mol. The molecule has 0 aliphatic heterocycles. The van der Waals surface area contributed by atoms with Crippen molar-refractivity contribution in [2.24, 2.45) is 16.2 Å². The number of methoxy groups -OCH3 is 1. The standard InChI is InChI=1S/C35H53NO6S3/c1-7-8-9-10-11-12-13-14-15-19-22-44-32(43)45-27-34(4,25-35(5,31(39)40-6)33(2,3)26-36)30(38)42-24-29(37)41-23-28-20-17-16-18-21-28/h16-18,20-21H,7-15,19,22-25,27H2,1-6H3. The van der Waals surface area contributed by atoms with Crippen LogP contribution in [-0.4, -0.2) is 46.7 Å². The van der Waals surface area contributed by atoms with Gasteiger partial charge in [-0.3, -0.25) is 9.59 Å². The van der Waals surface area contributed by atoms with Crippen LogP contribution in [0.25, 0.3) is 0 Å². The van der Waals surface area contributed by atoms with E-state index in [2.05, 4.69) is 13.0 Å². The van der Waals surface area contributed by atoms with Gasteiger partial charge in [0, 0.05) is 5.75 Å². The zero-order valence-electron chi connectivity index (χ0n) is 28.1. The van der Waals surface area contributed by atoms with Crippen molar-refractivity contribution in [2.45, 2.75) is 112 Å². The Morgan fingerprint density at radius 3 is 1.98 bits per heavy atom. The van der Waals surface area contributed by atoms with E-state index in [1.165, 1.54) is 76.7 Å². The van der Waals surface area contributed by atoms with E-state index < -0.39 is 40.8 Å². The molecule has 2 atom stereocenters. The van der Waals surface area contributed by atoms with Crippen LogP contribution in [0.5, 0.6) is 0 Å². The van der Waals surface area contributed by atoms with Crippen LogP contribution in [-0.2, 0) is 35.2 Å². The van der Waals surface area contributed by atoms with E-state index in [9.17, 15) is 19.6 Å². The molecule has 1 aromatic rings. The quantitative estimate of drug-likeness (QED) is 0.0510. The lowest BCUT2D eigenvalue weighted by Gasteiger charge is -2.42. The van der Waals surface area contributed by atoms with Crippen molar-refractivity contribution < 1.29 is 28.6 Å². The third kappa shape index (κ3) is 14.9. The maximum Gasteiger partial charge on any atom is 0.344 e. The first kappa shape index (κ1) is 40.9. The second-order valence-electron chi connectivity index (χ2n) is 12.6. The van der Waals surface area contributed by atoms with Gasteiger partial charge in [-0.15, -0.1) is 23.5 Å². The van der Waals surface area contributed by atoms with Gasteiger partial charge in [-0.05, 0) is 51.9 Å². The molecule has 0 N–H and O–H groups in total. The van der Waals surface area contributed by atoms with Gasteiger partial charge in [-0.2, -0.15) is 5.26 Å². The summed E-state index contributed by atoms with van der Waals surface area (Å²) in [5.41, 5.74) is -2.95. The Bertz CT molecular complexity index is 1110.